The van der Waals surface area contributed by atoms with Crippen LogP contribution in [-0.2, 0) is 0 Å². The molecule has 2 nitrogen and oxygen atoms in total. The normalized spacial score (nSPS) is 43.3. The summed E-state index contributed by atoms with van der Waals surface area (Å²) in [5.74, 6) is 3.49. The standard InChI is InChI=1S/C29H40N2Si/c1-20-30-28-22(21-12-5-4-6-13-21)18-11-19-27(28)31(20)32(2,3)29-25-16-9-7-14-23(25)24-15-8-10-17-26(24)29/h7-11,14-21,23-30H,4-6,12-13H2,1-3H3/t20-,23?,24?,25?,26?,27-,28?,29?/m1/s1. The van der Waals surface area contributed by atoms with Gasteiger partial charge < -0.3 is 4.57 Å². The molecule has 6 aliphatic rings. The maximum atomic E-state index is 4.10. The van der Waals surface area contributed by atoms with Crippen molar-refractivity contribution >= 4 is 8.24 Å². The molecule has 170 valence electrons. The average Bonchev–Trinajstić information content (AvgIpc) is 3.34. The summed E-state index contributed by atoms with van der Waals surface area (Å²) in [6, 6.07) is 1.04. The number of allylic oxidation sites excluding steroid dienone is 10. The Kier molecular flexibility index (Phi) is 5.36. The molecule has 0 radical (unpaired) electrons. The summed E-state index contributed by atoms with van der Waals surface area (Å²) in [4.78, 5) is 0. The summed E-state index contributed by atoms with van der Waals surface area (Å²) in [5, 5.41) is 4.10. The van der Waals surface area contributed by atoms with E-state index in [-0.39, 0.29) is 0 Å². The van der Waals surface area contributed by atoms with E-state index in [1.54, 1.807) is 5.57 Å². The van der Waals surface area contributed by atoms with Crippen LogP contribution in [0.15, 0.2) is 72.4 Å². The highest BCUT2D eigenvalue weighted by atomic mass is 28.3. The molecule has 6 rings (SSSR count). The number of hydrogen-bond donors (Lipinski definition) is 1. The lowest BCUT2D eigenvalue weighted by molar-refractivity contribution is 0.333. The van der Waals surface area contributed by atoms with E-state index in [0.717, 1.165) is 11.5 Å². The third-order valence-electron chi connectivity index (χ3n) is 9.73. The number of nitrogens with one attached hydrogen (secondary N) is 1. The van der Waals surface area contributed by atoms with E-state index in [1.165, 1.54) is 32.1 Å². The van der Waals surface area contributed by atoms with Gasteiger partial charge in [0.05, 0.1) is 6.17 Å². The summed E-state index contributed by atoms with van der Waals surface area (Å²) < 4.78 is 2.99. The third kappa shape index (κ3) is 3.19. The first-order valence-electron chi connectivity index (χ1n) is 13.2. The van der Waals surface area contributed by atoms with Crippen molar-refractivity contribution in [1.82, 2.24) is 9.88 Å². The van der Waals surface area contributed by atoms with Gasteiger partial charge in [0, 0.05) is 12.1 Å². The summed E-state index contributed by atoms with van der Waals surface area (Å²) in [5.41, 5.74) is 2.46. The molecular weight excluding hydrogens is 404 g/mol. The van der Waals surface area contributed by atoms with Gasteiger partial charge in [0.25, 0.3) is 0 Å². The van der Waals surface area contributed by atoms with Gasteiger partial charge in [-0.25, -0.2) is 0 Å². The zero-order valence-corrected chi connectivity index (χ0v) is 21.0. The Balaban J connectivity index is 1.33. The lowest BCUT2D eigenvalue weighted by atomic mass is 9.78. The zero-order chi connectivity index (χ0) is 21.9. The van der Waals surface area contributed by atoms with E-state index < -0.39 is 8.24 Å². The van der Waals surface area contributed by atoms with Gasteiger partial charge in [-0.2, -0.15) is 0 Å². The van der Waals surface area contributed by atoms with E-state index in [0.29, 0.717) is 41.9 Å². The Morgan fingerprint density at radius 3 is 2.00 bits per heavy atom. The fraction of sp³-hybridized carbons (Fsp3) is 0.586. The SMILES string of the molecule is C[C@@H]1NC2C(C3CCCCC3)=CC=C[C@H]2N1[Si](C)(C)C1C2C=CC=CC2C2C=CC=CC21. The van der Waals surface area contributed by atoms with Gasteiger partial charge in [0.1, 0.15) is 8.24 Å². The highest BCUT2D eigenvalue weighted by Gasteiger charge is 2.59. The lowest BCUT2D eigenvalue weighted by Crippen LogP contribution is -2.60. The molecule has 0 amide bonds. The Bertz CT molecular complexity index is 881. The highest BCUT2D eigenvalue weighted by Crippen LogP contribution is 2.59. The van der Waals surface area contributed by atoms with Crippen LogP contribution >= 0.6 is 0 Å². The van der Waals surface area contributed by atoms with Crippen molar-refractivity contribution < 1.29 is 0 Å². The van der Waals surface area contributed by atoms with Crippen molar-refractivity contribution in [3.05, 3.63) is 72.4 Å². The minimum Gasteiger partial charge on any atom is -0.301 e. The maximum Gasteiger partial charge on any atom is 0.129 e. The Morgan fingerprint density at radius 1 is 0.781 bits per heavy atom. The monoisotopic (exact) mass is 444 g/mol. The van der Waals surface area contributed by atoms with Gasteiger partial charge in [0.2, 0.25) is 0 Å². The molecule has 0 aromatic heterocycles. The van der Waals surface area contributed by atoms with Crippen LogP contribution in [0.4, 0.5) is 0 Å². The predicted octanol–water partition coefficient (Wildman–Crippen LogP) is 6.36. The van der Waals surface area contributed by atoms with Gasteiger partial charge in [0.15, 0.2) is 0 Å². The molecule has 2 saturated carbocycles. The predicted molar refractivity (Wildman–Crippen MR) is 138 cm³/mol. The van der Waals surface area contributed by atoms with E-state index >= 15 is 0 Å². The molecule has 1 saturated heterocycles. The van der Waals surface area contributed by atoms with E-state index in [9.17, 15) is 0 Å². The first kappa shape index (κ1) is 21.1. The van der Waals surface area contributed by atoms with Crippen molar-refractivity contribution in [2.75, 3.05) is 0 Å². The average molecular weight is 445 g/mol. The van der Waals surface area contributed by atoms with E-state index in [4.69, 9.17) is 0 Å². The molecule has 5 unspecified atom stereocenters. The second kappa shape index (κ2) is 8.11. The van der Waals surface area contributed by atoms with Gasteiger partial charge in [-0.15, -0.1) is 0 Å². The van der Waals surface area contributed by atoms with Crippen LogP contribution in [0.2, 0.25) is 18.6 Å². The molecule has 1 N–H and O–H groups in total. The van der Waals surface area contributed by atoms with E-state index in [2.05, 4.69) is 96.7 Å². The second-order valence-corrected chi connectivity index (χ2v) is 16.1. The van der Waals surface area contributed by atoms with Crippen LogP contribution in [0.1, 0.15) is 39.0 Å². The highest BCUT2D eigenvalue weighted by molar-refractivity contribution is 6.76. The molecule has 0 aromatic carbocycles. The molecule has 0 bridgehead atoms. The summed E-state index contributed by atoms with van der Waals surface area (Å²) in [6.07, 6.45) is 34.3. The molecule has 5 aliphatic carbocycles. The number of rotatable bonds is 3. The van der Waals surface area contributed by atoms with Gasteiger partial charge in [-0.3, -0.25) is 5.32 Å². The van der Waals surface area contributed by atoms with Crippen molar-refractivity contribution in [3.63, 3.8) is 0 Å². The topological polar surface area (TPSA) is 15.3 Å². The number of hydrogen-bond acceptors (Lipinski definition) is 2. The van der Waals surface area contributed by atoms with Gasteiger partial charge in [-0.05, 0) is 60.5 Å². The van der Waals surface area contributed by atoms with E-state index in [1.807, 2.05) is 0 Å². The quantitative estimate of drug-likeness (QED) is 0.510. The third-order valence-corrected chi connectivity index (χ3v) is 14.2. The van der Waals surface area contributed by atoms with Crippen molar-refractivity contribution in [1.29, 1.82) is 0 Å². The van der Waals surface area contributed by atoms with Crippen molar-refractivity contribution in [3.8, 4) is 0 Å². The molecule has 0 aromatic rings. The molecule has 0 spiro atoms. The van der Waals surface area contributed by atoms with Crippen LogP contribution in [0.25, 0.3) is 0 Å². The summed E-state index contributed by atoms with van der Waals surface area (Å²) >= 11 is 0. The minimum atomic E-state index is -1.78. The molecule has 7 atom stereocenters. The van der Waals surface area contributed by atoms with Crippen LogP contribution < -0.4 is 5.32 Å². The molecule has 1 heterocycles. The van der Waals surface area contributed by atoms with Crippen LogP contribution in [-0.4, -0.2) is 31.1 Å². The fourth-order valence-electron chi connectivity index (χ4n) is 8.59. The van der Waals surface area contributed by atoms with Crippen LogP contribution in [0.5, 0.6) is 0 Å². The largest absolute Gasteiger partial charge is 0.301 e. The first-order valence-corrected chi connectivity index (χ1v) is 16.2. The smallest absolute Gasteiger partial charge is 0.129 e. The van der Waals surface area contributed by atoms with Gasteiger partial charge >= 0.3 is 0 Å². The molecule has 1 aliphatic heterocycles. The molecule has 32 heavy (non-hydrogen) atoms. The Hall–Kier alpha value is -1.42. The summed E-state index contributed by atoms with van der Waals surface area (Å²) in [6.45, 7) is 7.81. The minimum absolute atomic E-state index is 0.449. The molecular formula is C29H40N2Si. The number of fused-ring (bicyclic) bond motifs is 4. The van der Waals surface area contributed by atoms with Crippen molar-refractivity contribution in [2.45, 2.75) is 75.9 Å². The van der Waals surface area contributed by atoms with Gasteiger partial charge in [-0.1, -0.05) is 99.2 Å². The van der Waals surface area contributed by atoms with Crippen LogP contribution in [0, 0.1) is 29.6 Å². The zero-order valence-electron chi connectivity index (χ0n) is 20.0. The van der Waals surface area contributed by atoms with Crippen molar-refractivity contribution in [2.24, 2.45) is 29.6 Å². The molecule has 3 fully saturated rings. The Labute approximate surface area is 196 Å². The Morgan fingerprint density at radius 2 is 1.38 bits per heavy atom. The number of nitrogens with zero attached hydrogens (tertiary/aromatic N) is 1. The molecule has 3 heteroatoms. The van der Waals surface area contributed by atoms with Crippen LogP contribution in [0.3, 0.4) is 0 Å². The summed E-state index contributed by atoms with van der Waals surface area (Å²) in [7, 11) is -1.78. The first-order chi connectivity index (χ1) is 15.6. The second-order valence-electron chi connectivity index (χ2n) is 11.6. The lowest BCUT2D eigenvalue weighted by Gasteiger charge is -2.48. The maximum absolute atomic E-state index is 4.10. The fourth-order valence-corrected chi connectivity index (χ4v) is 13.6.